The van der Waals surface area contributed by atoms with Crippen molar-refractivity contribution in [3.8, 4) is 0 Å². The zero-order chi connectivity index (χ0) is 8.27. The molecule has 0 fully saturated rings. The molecule has 0 atom stereocenters. The Balaban J connectivity index is 3.22. The van der Waals surface area contributed by atoms with Crippen LogP contribution in [0.15, 0.2) is 27.8 Å². The minimum Gasteiger partial charge on any atom is -0.0605 e. The molecule has 1 aromatic carbocycles. The van der Waals surface area contributed by atoms with Crippen LogP contribution in [0.4, 0.5) is 5.69 Å². The molecule has 3 nitrogen and oxygen atoms in total. The van der Waals surface area contributed by atoms with Gasteiger partial charge in [-0.1, -0.05) is 27.1 Å². The monoisotopic (exact) mass is 211 g/mol. The average Bonchev–Trinajstić information content (AvgIpc) is 1.98. The molecule has 0 aliphatic heterocycles. The van der Waals surface area contributed by atoms with Crippen LogP contribution in [-0.2, 0) is 0 Å². The van der Waals surface area contributed by atoms with Gasteiger partial charge in [0.25, 0.3) is 0 Å². The second-order valence-electron chi connectivity index (χ2n) is 2.12. The lowest BCUT2D eigenvalue weighted by Crippen LogP contribution is -1.71. The Morgan fingerprint density at radius 2 is 2.27 bits per heavy atom. The molecule has 0 N–H and O–H groups in total. The van der Waals surface area contributed by atoms with E-state index in [0.717, 1.165) is 10.0 Å². The third-order valence-corrected chi connectivity index (χ3v) is 1.82. The van der Waals surface area contributed by atoms with Crippen LogP contribution in [0.2, 0.25) is 0 Å². The molecule has 0 radical (unpaired) electrons. The van der Waals surface area contributed by atoms with E-state index in [1.807, 2.05) is 19.1 Å². The molecular formula is C7H6BrN3. The third kappa shape index (κ3) is 1.97. The maximum atomic E-state index is 8.18. The maximum absolute atomic E-state index is 8.18. The number of hydrogen-bond acceptors (Lipinski definition) is 1. The first-order valence-corrected chi connectivity index (χ1v) is 3.84. The van der Waals surface area contributed by atoms with E-state index in [0.29, 0.717) is 5.69 Å². The van der Waals surface area contributed by atoms with Gasteiger partial charge in [0.15, 0.2) is 0 Å². The van der Waals surface area contributed by atoms with Crippen molar-refractivity contribution in [1.29, 1.82) is 0 Å². The molecule has 4 heteroatoms. The second kappa shape index (κ2) is 3.42. The molecule has 0 unspecified atom stereocenters. The van der Waals surface area contributed by atoms with Crippen molar-refractivity contribution in [2.45, 2.75) is 6.92 Å². The first-order chi connectivity index (χ1) is 5.24. The highest BCUT2D eigenvalue weighted by Gasteiger charge is 1.94. The van der Waals surface area contributed by atoms with Gasteiger partial charge in [0.1, 0.15) is 0 Å². The van der Waals surface area contributed by atoms with Crippen LogP contribution in [0.5, 0.6) is 0 Å². The Labute approximate surface area is 72.8 Å². The topological polar surface area (TPSA) is 48.8 Å². The quantitative estimate of drug-likeness (QED) is 0.387. The van der Waals surface area contributed by atoms with Gasteiger partial charge in [-0.25, -0.2) is 0 Å². The Kier molecular flexibility index (Phi) is 2.52. The van der Waals surface area contributed by atoms with Crippen LogP contribution in [0.1, 0.15) is 5.56 Å². The van der Waals surface area contributed by atoms with E-state index in [1.165, 1.54) is 0 Å². The van der Waals surface area contributed by atoms with Gasteiger partial charge < -0.3 is 0 Å². The number of halogens is 1. The average molecular weight is 212 g/mol. The van der Waals surface area contributed by atoms with Gasteiger partial charge in [0.05, 0.1) is 0 Å². The lowest BCUT2D eigenvalue weighted by Gasteiger charge is -1.97. The molecule has 0 aliphatic rings. The summed E-state index contributed by atoms with van der Waals surface area (Å²) in [5.41, 5.74) is 9.82. The van der Waals surface area contributed by atoms with Gasteiger partial charge in [-0.15, -0.1) is 0 Å². The lowest BCUT2D eigenvalue weighted by molar-refractivity contribution is 1.37. The zero-order valence-corrected chi connectivity index (χ0v) is 7.54. The largest absolute Gasteiger partial charge is 0.0605 e. The van der Waals surface area contributed by atoms with Gasteiger partial charge >= 0.3 is 0 Å². The van der Waals surface area contributed by atoms with Crippen LogP contribution < -0.4 is 0 Å². The highest BCUT2D eigenvalue weighted by atomic mass is 79.9. The van der Waals surface area contributed by atoms with E-state index in [4.69, 9.17) is 5.53 Å². The SMILES string of the molecule is Cc1ccc(Br)cc1N=[N+]=[N-]. The van der Waals surface area contributed by atoms with Crippen LogP contribution >= 0.6 is 15.9 Å². The molecule has 0 amide bonds. The van der Waals surface area contributed by atoms with Gasteiger partial charge in [-0.2, -0.15) is 0 Å². The molecule has 1 aromatic rings. The van der Waals surface area contributed by atoms with Crippen molar-refractivity contribution in [3.05, 3.63) is 38.7 Å². The molecule has 0 aliphatic carbocycles. The predicted molar refractivity (Wildman–Crippen MR) is 47.7 cm³/mol. The summed E-state index contributed by atoms with van der Waals surface area (Å²) >= 11 is 3.28. The van der Waals surface area contributed by atoms with Crippen LogP contribution in [0.25, 0.3) is 10.4 Å². The van der Waals surface area contributed by atoms with Crippen LogP contribution in [0.3, 0.4) is 0 Å². The first kappa shape index (κ1) is 8.11. The summed E-state index contributed by atoms with van der Waals surface area (Å²) in [4.78, 5) is 2.71. The summed E-state index contributed by atoms with van der Waals surface area (Å²) in [5.74, 6) is 0. The number of aryl methyl sites for hydroxylation is 1. The normalized spacial score (nSPS) is 8.91. The Morgan fingerprint density at radius 3 is 2.91 bits per heavy atom. The van der Waals surface area contributed by atoms with Gasteiger partial charge in [0, 0.05) is 15.1 Å². The fourth-order valence-corrected chi connectivity index (χ4v) is 1.09. The van der Waals surface area contributed by atoms with Crippen molar-refractivity contribution in [2.75, 3.05) is 0 Å². The number of nitrogens with zero attached hydrogens (tertiary/aromatic N) is 3. The summed E-state index contributed by atoms with van der Waals surface area (Å²) in [6.07, 6.45) is 0. The number of rotatable bonds is 1. The van der Waals surface area contributed by atoms with Crippen molar-refractivity contribution in [2.24, 2.45) is 5.11 Å². The predicted octanol–water partition coefficient (Wildman–Crippen LogP) is 3.70. The first-order valence-electron chi connectivity index (χ1n) is 3.05. The van der Waals surface area contributed by atoms with E-state index >= 15 is 0 Å². The van der Waals surface area contributed by atoms with E-state index in [9.17, 15) is 0 Å². The standard InChI is InChI=1S/C7H6BrN3/c1-5-2-3-6(8)4-7(5)10-11-9/h2-4H,1H3. The molecule has 0 spiro atoms. The summed E-state index contributed by atoms with van der Waals surface area (Å²) in [6.45, 7) is 1.90. The second-order valence-corrected chi connectivity index (χ2v) is 3.04. The molecule has 0 saturated carbocycles. The highest BCUT2D eigenvalue weighted by molar-refractivity contribution is 9.10. The molecule has 1 rings (SSSR count). The molecule has 0 heterocycles. The smallest absolute Gasteiger partial charge is 0.0415 e. The summed E-state index contributed by atoms with van der Waals surface area (Å²) in [6, 6.07) is 5.59. The molecule has 11 heavy (non-hydrogen) atoms. The fraction of sp³-hybridized carbons (Fsp3) is 0.143. The van der Waals surface area contributed by atoms with E-state index < -0.39 is 0 Å². The maximum Gasteiger partial charge on any atom is 0.0415 e. The highest BCUT2D eigenvalue weighted by Crippen LogP contribution is 2.23. The Morgan fingerprint density at radius 1 is 1.55 bits per heavy atom. The summed E-state index contributed by atoms with van der Waals surface area (Å²) in [7, 11) is 0. The number of azide groups is 1. The van der Waals surface area contributed by atoms with E-state index in [-0.39, 0.29) is 0 Å². The van der Waals surface area contributed by atoms with Crippen LogP contribution in [-0.4, -0.2) is 0 Å². The van der Waals surface area contributed by atoms with Gasteiger partial charge in [-0.3, -0.25) is 0 Å². The molecular weight excluding hydrogens is 206 g/mol. The van der Waals surface area contributed by atoms with Crippen molar-refractivity contribution in [1.82, 2.24) is 0 Å². The molecule has 0 aromatic heterocycles. The minimum atomic E-state index is 0.668. The lowest BCUT2D eigenvalue weighted by atomic mass is 10.2. The summed E-state index contributed by atoms with van der Waals surface area (Å²) < 4.78 is 0.922. The van der Waals surface area contributed by atoms with Gasteiger partial charge in [-0.05, 0) is 30.2 Å². The van der Waals surface area contributed by atoms with Crippen LogP contribution in [0, 0.1) is 6.92 Å². The van der Waals surface area contributed by atoms with Crippen molar-refractivity contribution < 1.29 is 0 Å². The van der Waals surface area contributed by atoms with Crippen molar-refractivity contribution in [3.63, 3.8) is 0 Å². The minimum absolute atomic E-state index is 0.668. The van der Waals surface area contributed by atoms with E-state index in [1.54, 1.807) is 6.07 Å². The molecule has 0 saturated heterocycles. The number of hydrogen-bond donors (Lipinski definition) is 0. The molecule has 56 valence electrons. The third-order valence-electron chi connectivity index (χ3n) is 1.32. The Hall–Kier alpha value is -0.990. The zero-order valence-electron chi connectivity index (χ0n) is 5.95. The number of benzene rings is 1. The fourth-order valence-electron chi connectivity index (χ4n) is 0.738. The van der Waals surface area contributed by atoms with Crippen molar-refractivity contribution >= 4 is 21.6 Å². The Bertz CT molecular complexity index is 315. The van der Waals surface area contributed by atoms with E-state index in [2.05, 4.69) is 26.0 Å². The van der Waals surface area contributed by atoms with Gasteiger partial charge in [0.2, 0.25) is 0 Å². The summed E-state index contributed by atoms with van der Waals surface area (Å²) in [5, 5.41) is 3.52. The molecule has 0 bridgehead atoms.